The number of anilines is 1. The lowest BCUT2D eigenvalue weighted by molar-refractivity contribution is -0.135. The number of hydrogen-bond acceptors (Lipinski definition) is 6. The molecular formula is C27H19ClN2O5. The third-order valence-corrected chi connectivity index (χ3v) is 6.41. The van der Waals surface area contributed by atoms with Gasteiger partial charge in [-0.3, -0.25) is 19.3 Å². The van der Waals surface area contributed by atoms with E-state index in [1.165, 1.54) is 18.3 Å². The van der Waals surface area contributed by atoms with E-state index in [0.29, 0.717) is 33.3 Å². The zero-order valence-electron chi connectivity index (χ0n) is 18.6. The zero-order chi connectivity index (χ0) is 24.5. The standard InChI is InChI=1S/C27H19ClN2O5/c1-34-19-12-8-17(9-13-19)25(31)23-24(20-4-2-3-5-21(20)28)30(27(33)26(23)32)18-10-6-16(7-11-18)22-14-15-35-29-22/h2-15,23-24H,1H3. The topological polar surface area (TPSA) is 89.7 Å². The summed E-state index contributed by atoms with van der Waals surface area (Å²) in [6, 6.07) is 21.1. The summed E-state index contributed by atoms with van der Waals surface area (Å²) in [4.78, 5) is 41.5. The molecule has 35 heavy (non-hydrogen) atoms. The van der Waals surface area contributed by atoms with Crippen LogP contribution in [0.1, 0.15) is 22.0 Å². The van der Waals surface area contributed by atoms with Crippen LogP contribution in [-0.2, 0) is 9.59 Å². The second-order valence-electron chi connectivity index (χ2n) is 8.01. The molecule has 174 valence electrons. The first-order valence-electron chi connectivity index (χ1n) is 10.8. The highest BCUT2D eigenvalue weighted by molar-refractivity contribution is 6.49. The second kappa shape index (κ2) is 9.19. The molecule has 0 aliphatic carbocycles. The summed E-state index contributed by atoms with van der Waals surface area (Å²) in [6.45, 7) is 0. The maximum atomic E-state index is 13.6. The van der Waals surface area contributed by atoms with Crippen molar-refractivity contribution < 1.29 is 23.6 Å². The fraction of sp³-hybridized carbons (Fsp3) is 0.111. The van der Waals surface area contributed by atoms with Gasteiger partial charge in [0.15, 0.2) is 5.78 Å². The van der Waals surface area contributed by atoms with Crippen LogP contribution in [-0.4, -0.2) is 29.7 Å². The van der Waals surface area contributed by atoms with E-state index in [2.05, 4.69) is 5.16 Å². The number of Topliss-reactive ketones (excluding diaryl/α,β-unsaturated/α-hetero) is 2. The lowest BCUT2D eigenvalue weighted by Gasteiger charge is -2.28. The van der Waals surface area contributed by atoms with Crippen molar-refractivity contribution in [1.82, 2.24) is 5.16 Å². The summed E-state index contributed by atoms with van der Waals surface area (Å²) < 4.78 is 10.1. The Bertz CT molecular complexity index is 1400. The number of halogens is 1. The van der Waals surface area contributed by atoms with Crippen LogP contribution < -0.4 is 9.64 Å². The molecule has 3 aromatic carbocycles. The number of carbonyl (C=O) groups is 3. The molecule has 1 saturated heterocycles. The van der Waals surface area contributed by atoms with Gasteiger partial charge in [0, 0.05) is 27.9 Å². The molecule has 0 radical (unpaired) electrons. The van der Waals surface area contributed by atoms with Crippen LogP contribution >= 0.6 is 11.6 Å². The molecule has 4 aromatic rings. The molecule has 2 atom stereocenters. The van der Waals surface area contributed by atoms with Crippen LogP contribution in [0.5, 0.6) is 5.75 Å². The van der Waals surface area contributed by atoms with Gasteiger partial charge in [-0.1, -0.05) is 47.1 Å². The minimum atomic E-state index is -1.26. The van der Waals surface area contributed by atoms with Gasteiger partial charge in [0.1, 0.15) is 23.6 Å². The SMILES string of the molecule is COc1ccc(C(=O)C2C(=O)C(=O)N(c3ccc(-c4ccon4)cc3)C2c2ccccc2Cl)cc1. The summed E-state index contributed by atoms with van der Waals surface area (Å²) in [5, 5.41) is 4.27. The van der Waals surface area contributed by atoms with Crippen LogP contribution in [0.3, 0.4) is 0 Å². The first-order chi connectivity index (χ1) is 17.0. The first kappa shape index (κ1) is 22.6. The van der Waals surface area contributed by atoms with Gasteiger partial charge in [-0.15, -0.1) is 0 Å². The first-order valence-corrected chi connectivity index (χ1v) is 11.2. The molecule has 8 heteroatoms. The molecular weight excluding hydrogens is 468 g/mol. The Morgan fingerprint density at radius 2 is 1.69 bits per heavy atom. The Balaban J connectivity index is 1.59. The van der Waals surface area contributed by atoms with E-state index >= 15 is 0 Å². The van der Waals surface area contributed by atoms with Crippen molar-refractivity contribution in [3.8, 4) is 17.0 Å². The molecule has 1 amide bonds. The number of amides is 1. The predicted molar refractivity (Wildman–Crippen MR) is 129 cm³/mol. The predicted octanol–water partition coefficient (Wildman–Crippen LogP) is 5.16. The summed E-state index contributed by atoms with van der Waals surface area (Å²) in [5.41, 5.74) is 2.69. The molecule has 5 rings (SSSR count). The molecule has 2 unspecified atom stereocenters. The highest BCUT2D eigenvalue weighted by Gasteiger charge is 2.52. The summed E-state index contributed by atoms with van der Waals surface area (Å²) in [5.74, 6) is -2.69. The van der Waals surface area contributed by atoms with Gasteiger partial charge in [-0.2, -0.15) is 0 Å². The Labute approximate surface area is 205 Å². The Kier molecular flexibility index (Phi) is 5.93. The Morgan fingerprint density at radius 3 is 2.31 bits per heavy atom. The van der Waals surface area contributed by atoms with E-state index in [9.17, 15) is 14.4 Å². The minimum Gasteiger partial charge on any atom is -0.497 e. The fourth-order valence-corrected chi connectivity index (χ4v) is 4.58. The third kappa shape index (κ3) is 4.00. The highest BCUT2D eigenvalue weighted by atomic mass is 35.5. The molecule has 1 aliphatic rings. The van der Waals surface area contributed by atoms with Crippen molar-refractivity contribution in [2.45, 2.75) is 6.04 Å². The second-order valence-corrected chi connectivity index (χ2v) is 8.41. The maximum absolute atomic E-state index is 13.6. The summed E-state index contributed by atoms with van der Waals surface area (Å²) in [6.07, 6.45) is 1.47. The number of ketones is 2. The van der Waals surface area contributed by atoms with Crippen molar-refractivity contribution in [2.24, 2.45) is 5.92 Å². The number of benzene rings is 3. The van der Waals surface area contributed by atoms with E-state index in [1.54, 1.807) is 78.9 Å². The molecule has 1 aliphatic heterocycles. The van der Waals surface area contributed by atoms with Crippen LogP contribution in [0.25, 0.3) is 11.3 Å². The van der Waals surface area contributed by atoms with Crippen molar-refractivity contribution in [3.63, 3.8) is 0 Å². The van der Waals surface area contributed by atoms with Gasteiger partial charge in [0.25, 0.3) is 5.91 Å². The lowest BCUT2D eigenvalue weighted by atomic mass is 9.86. The van der Waals surface area contributed by atoms with Gasteiger partial charge in [-0.05, 0) is 48.0 Å². The average Bonchev–Trinajstić information content (AvgIpc) is 3.51. The molecule has 7 nitrogen and oxygen atoms in total. The Hall–Kier alpha value is -4.23. The normalized spacial score (nSPS) is 17.6. The van der Waals surface area contributed by atoms with Crippen LogP contribution in [0, 0.1) is 5.92 Å². The van der Waals surface area contributed by atoms with E-state index < -0.39 is 29.4 Å². The average molecular weight is 487 g/mol. The Morgan fingerprint density at radius 1 is 0.971 bits per heavy atom. The number of aromatic nitrogens is 1. The number of nitrogens with zero attached hydrogens (tertiary/aromatic N) is 2. The summed E-state index contributed by atoms with van der Waals surface area (Å²) >= 11 is 6.51. The quantitative estimate of drug-likeness (QED) is 0.212. The molecule has 0 bridgehead atoms. The molecule has 0 spiro atoms. The number of hydrogen-bond donors (Lipinski definition) is 0. The number of carbonyl (C=O) groups excluding carboxylic acids is 3. The van der Waals surface area contributed by atoms with Gasteiger partial charge < -0.3 is 9.26 Å². The van der Waals surface area contributed by atoms with E-state index in [0.717, 1.165) is 5.56 Å². The third-order valence-electron chi connectivity index (χ3n) is 6.07. The number of methoxy groups -OCH3 is 1. The van der Waals surface area contributed by atoms with Crippen molar-refractivity contribution in [3.05, 3.63) is 101 Å². The lowest BCUT2D eigenvalue weighted by Crippen LogP contribution is -2.30. The smallest absolute Gasteiger partial charge is 0.295 e. The van der Waals surface area contributed by atoms with Crippen LogP contribution in [0.2, 0.25) is 5.02 Å². The number of ether oxygens (including phenoxy) is 1. The molecule has 1 aromatic heterocycles. The number of rotatable bonds is 6. The monoisotopic (exact) mass is 486 g/mol. The van der Waals surface area contributed by atoms with Gasteiger partial charge >= 0.3 is 0 Å². The van der Waals surface area contributed by atoms with Crippen LogP contribution in [0.15, 0.2) is 89.6 Å². The molecule has 1 fully saturated rings. The van der Waals surface area contributed by atoms with Crippen molar-refractivity contribution >= 4 is 34.8 Å². The van der Waals surface area contributed by atoms with Gasteiger partial charge in [0.2, 0.25) is 5.78 Å². The molecule has 0 N–H and O–H groups in total. The summed E-state index contributed by atoms with van der Waals surface area (Å²) in [7, 11) is 1.52. The zero-order valence-corrected chi connectivity index (χ0v) is 19.3. The fourth-order valence-electron chi connectivity index (χ4n) is 4.33. The molecule has 0 saturated carbocycles. The highest BCUT2D eigenvalue weighted by Crippen LogP contribution is 2.43. The van der Waals surface area contributed by atoms with E-state index in [4.69, 9.17) is 20.9 Å². The van der Waals surface area contributed by atoms with Gasteiger partial charge in [-0.25, -0.2) is 0 Å². The molecule has 2 heterocycles. The van der Waals surface area contributed by atoms with E-state index in [1.807, 2.05) is 0 Å². The minimum absolute atomic E-state index is 0.303. The van der Waals surface area contributed by atoms with Crippen molar-refractivity contribution in [2.75, 3.05) is 12.0 Å². The van der Waals surface area contributed by atoms with E-state index in [-0.39, 0.29) is 0 Å². The largest absolute Gasteiger partial charge is 0.497 e. The van der Waals surface area contributed by atoms with Crippen molar-refractivity contribution in [1.29, 1.82) is 0 Å². The maximum Gasteiger partial charge on any atom is 0.295 e. The van der Waals surface area contributed by atoms with Gasteiger partial charge in [0.05, 0.1) is 13.2 Å². The van der Waals surface area contributed by atoms with Crippen LogP contribution in [0.4, 0.5) is 5.69 Å².